The third kappa shape index (κ3) is 16.8. The summed E-state index contributed by atoms with van der Waals surface area (Å²) in [6.07, 6.45) is 1.45. The van der Waals surface area contributed by atoms with Crippen LogP contribution in [-0.4, -0.2) is 135 Å². The number of hydrogen-bond donors (Lipinski definition) is 1. The summed E-state index contributed by atoms with van der Waals surface area (Å²) in [7, 11) is -0.897. The normalized spacial score (nSPS) is 24.2. The predicted molar refractivity (Wildman–Crippen MR) is 438 cm³/mol. The first-order valence-electron chi connectivity index (χ1n) is 37.2. The van der Waals surface area contributed by atoms with Gasteiger partial charge in [-0.25, -0.2) is 27.2 Å². The van der Waals surface area contributed by atoms with Crippen molar-refractivity contribution in [3.05, 3.63) is 247 Å². The average molecular weight is 1840 g/mol. The largest absolute Gasteiger partial charge is 0.496 e. The van der Waals surface area contributed by atoms with Crippen LogP contribution in [0.5, 0.6) is 23.0 Å². The highest BCUT2D eigenvalue weighted by molar-refractivity contribution is 9.11. The van der Waals surface area contributed by atoms with Gasteiger partial charge in [0.1, 0.15) is 69.6 Å². The Morgan fingerprint density at radius 2 is 0.825 bits per heavy atom. The lowest BCUT2D eigenvalue weighted by Crippen LogP contribution is -2.61. The fourth-order valence-corrected chi connectivity index (χ4v) is 17.8. The smallest absolute Gasteiger partial charge is 0.480 e. The molecule has 8 heterocycles. The number of aldehydes is 1. The molecular formula is C85H85BBr3Cl4F4N3O14. The van der Waals surface area contributed by atoms with Crippen molar-refractivity contribution < 1.29 is 83.9 Å². The second-order valence-electron chi connectivity index (χ2n) is 31.9. The highest BCUT2D eigenvalue weighted by Crippen LogP contribution is 2.54. The van der Waals surface area contributed by atoms with Gasteiger partial charge in [-0.15, -0.1) is 0 Å². The topological polar surface area (TPSA) is 171 Å². The lowest BCUT2D eigenvalue weighted by atomic mass is 9.72. The lowest BCUT2D eigenvalue weighted by Gasteiger charge is -2.45. The molecule has 114 heavy (non-hydrogen) atoms. The van der Waals surface area contributed by atoms with Crippen LogP contribution < -0.4 is 29.7 Å². The minimum Gasteiger partial charge on any atom is -0.480 e. The van der Waals surface area contributed by atoms with Crippen molar-refractivity contribution in [3.8, 4) is 23.0 Å². The number of halogens is 11. The molecule has 0 aromatic heterocycles. The van der Waals surface area contributed by atoms with Crippen LogP contribution in [0.1, 0.15) is 114 Å². The Morgan fingerprint density at radius 1 is 0.482 bits per heavy atom. The first kappa shape index (κ1) is 85.2. The molecule has 7 atom stereocenters. The van der Waals surface area contributed by atoms with E-state index in [1.54, 1.807) is 9.80 Å². The third-order valence-corrected chi connectivity index (χ3v) is 26.5. The summed E-state index contributed by atoms with van der Waals surface area (Å²) in [5, 5.41) is 3.53. The van der Waals surface area contributed by atoms with Gasteiger partial charge in [0.05, 0.1) is 77.0 Å². The molecule has 0 radical (unpaired) electrons. The van der Waals surface area contributed by atoms with E-state index in [4.69, 9.17) is 98.3 Å². The Bertz CT molecular complexity index is 4910. The molecule has 3 unspecified atom stereocenters. The van der Waals surface area contributed by atoms with E-state index in [1.807, 2.05) is 191 Å². The lowest BCUT2D eigenvalue weighted by molar-refractivity contribution is -0.120. The van der Waals surface area contributed by atoms with E-state index in [9.17, 15) is 27.6 Å². The zero-order chi connectivity index (χ0) is 81.8. The van der Waals surface area contributed by atoms with Gasteiger partial charge >= 0.3 is 19.3 Å². The zero-order valence-electron chi connectivity index (χ0n) is 64.2. The van der Waals surface area contributed by atoms with Crippen molar-refractivity contribution in [2.75, 3.05) is 59.3 Å². The van der Waals surface area contributed by atoms with Crippen molar-refractivity contribution in [1.29, 1.82) is 0 Å². The van der Waals surface area contributed by atoms with Gasteiger partial charge in [-0.1, -0.05) is 168 Å². The fraction of sp³-hybridized carbons (Fsp3) is 0.400. The molecule has 16 rings (SSSR count). The molecule has 0 bridgehead atoms. The van der Waals surface area contributed by atoms with E-state index >= 15 is 4.39 Å². The van der Waals surface area contributed by atoms with Gasteiger partial charge in [-0.3, -0.25) is 14.6 Å². The van der Waals surface area contributed by atoms with E-state index in [-0.39, 0.29) is 39.3 Å². The second-order valence-corrected chi connectivity index (χ2v) is 35.8. The van der Waals surface area contributed by atoms with Crippen LogP contribution in [0.3, 0.4) is 0 Å². The fourth-order valence-electron chi connectivity index (χ4n) is 15.5. The number of carbonyl (C=O) groups is 3. The molecule has 17 nitrogen and oxygen atoms in total. The summed E-state index contributed by atoms with van der Waals surface area (Å²) in [6, 6.07) is 42.5. The SMILES string of the molecule is CC(C)(C)OC(=O)N1CCOCC1[C@@]1(c2ccccc2)Cc2c(cc(F)c(Cl)c2B2OC(C)(C)C(C)(C)O2)O1.CC(C)(C)OC(=O)N1CCOCC1[C@@]1(c2ccccc2)Cc2c(cc(F)c(Cl)c2Br)O1.Fc1cc2c(c(Br)c1Cl)C[C@](c1ccccc1)(C1COCCN1)O2.O=C[C@@]1(c2ccccc2)Cc2c(cc(F)c(Cl)c2Br)O1. The van der Waals surface area contributed by atoms with E-state index < -0.39 is 99.5 Å². The summed E-state index contributed by atoms with van der Waals surface area (Å²) in [4.78, 5) is 41.5. The van der Waals surface area contributed by atoms with Crippen LogP contribution in [-0.2, 0) is 85.9 Å². The molecule has 0 aliphatic carbocycles. The van der Waals surface area contributed by atoms with Crippen molar-refractivity contribution >= 4 is 125 Å². The van der Waals surface area contributed by atoms with Gasteiger partial charge in [-0.2, -0.15) is 0 Å². The van der Waals surface area contributed by atoms with Crippen LogP contribution in [0.2, 0.25) is 20.1 Å². The summed E-state index contributed by atoms with van der Waals surface area (Å²) < 4.78 is 126. The number of ether oxygens (including phenoxy) is 9. The number of benzene rings is 8. The summed E-state index contributed by atoms with van der Waals surface area (Å²) in [5.41, 5.74) is 0.393. The van der Waals surface area contributed by atoms with E-state index in [0.717, 1.165) is 46.2 Å². The van der Waals surface area contributed by atoms with Gasteiger partial charge < -0.3 is 57.3 Å². The Hall–Kier alpha value is -6.69. The molecule has 604 valence electrons. The molecule has 29 heteroatoms. The number of carbonyl (C=O) groups excluding carboxylic acids is 3. The highest BCUT2D eigenvalue weighted by Gasteiger charge is 2.59. The number of nitrogens with zero attached hydrogens (tertiary/aromatic N) is 2. The molecule has 2 amide bonds. The van der Waals surface area contributed by atoms with Crippen molar-refractivity contribution in [1.82, 2.24) is 15.1 Å². The Balaban J connectivity index is 0.000000137. The Morgan fingerprint density at radius 3 is 1.22 bits per heavy atom. The van der Waals surface area contributed by atoms with Gasteiger partial charge in [0.25, 0.3) is 0 Å². The van der Waals surface area contributed by atoms with Crippen LogP contribution >= 0.6 is 94.2 Å². The maximum Gasteiger partial charge on any atom is 0.496 e. The number of hydrogen-bond acceptors (Lipinski definition) is 15. The van der Waals surface area contributed by atoms with Crippen molar-refractivity contribution in [2.45, 2.75) is 158 Å². The van der Waals surface area contributed by atoms with Crippen molar-refractivity contribution in [2.24, 2.45) is 0 Å². The highest BCUT2D eigenvalue weighted by atomic mass is 79.9. The molecular weight excluding hydrogens is 1760 g/mol. The van der Waals surface area contributed by atoms with Gasteiger partial charge in [-0.05, 0) is 134 Å². The molecule has 0 saturated carbocycles. The number of amides is 2. The number of morpholine rings is 3. The molecule has 8 aromatic rings. The monoisotopic (exact) mass is 1840 g/mol. The molecule has 4 fully saturated rings. The van der Waals surface area contributed by atoms with E-state index in [0.29, 0.717) is 118 Å². The van der Waals surface area contributed by atoms with Gasteiger partial charge in [0.2, 0.25) is 0 Å². The minimum absolute atomic E-state index is 0.00195. The molecule has 8 aromatic carbocycles. The number of rotatable bonds is 9. The summed E-state index contributed by atoms with van der Waals surface area (Å²) >= 11 is 34.8. The zero-order valence-corrected chi connectivity index (χ0v) is 72.0. The molecule has 8 aliphatic heterocycles. The quantitative estimate of drug-likeness (QED) is 0.0626. The number of fused-ring (bicyclic) bond motifs is 4. The standard InChI is InChI=1S/C29H36BClFNO6.C23H24BrClFNO4.C18H16BrClFNO2.C15H9BrClFO2/c1-26(2,3)37-25(34)33-13-14-35-17-22(33)29(18-11-9-8-10-12-18)16-19-21(36-29)15-20(32)24(31)23(19)30-38-27(4,5)28(6,7)39-30;1-22(2,3)31-21(28)27-9-10-29-13-18(27)23(14-7-5-4-6-8-14)12-15-17(30-23)11-16(26)20(25)19(15)24;19-16-12-9-18(11-4-2-1-3-5-11,15-10-23-7-6-22-15)24-14(12)8-13(21)17(16)20;16-13-10-7-15(8-19,9-4-2-1-3-5-9)20-12(10)6-11(18)14(13)17/h8-12,15,22H,13-14,16-17H2,1-7H3;4-8,11,18H,9-10,12-13H2,1-3H3;1-5,8,15,22H,6-7,9-10H2;1-6,8H,7H2/t22?,29-;18?,23-;15?,18-;15-/m0001/s1. The third-order valence-electron chi connectivity index (χ3n) is 21.7. The first-order chi connectivity index (χ1) is 54.0. The Kier molecular flexibility index (Phi) is 25.1. The van der Waals surface area contributed by atoms with Crippen molar-refractivity contribution in [3.63, 3.8) is 0 Å². The van der Waals surface area contributed by atoms with Gasteiger partial charge in [0.15, 0.2) is 28.7 Å². The molecule has 0 spiro atoms. The van der Waals surface area contributed by atoms with E-state index in [1.165, 1.54) is 24.3 Å². The van der Waals surface area contributed by atoms with E-state index in [2.05, 4.69) is 53.1 Å². The molecule has 1 N–H and O–H groups in total. The second kappa shape index (κ2) is 33.6. The maximum atomic E-state index is 15.3. The van der Waals surface area contributed by atoms with Crippen LogP contribution in [0.25, 0.3) is 0 Å². The maximum absolute atomic E-state index is 15.3. The van der Waals surface area contributed by atoms with Crippen LogP contribution in [0.4, 0.5) is 27.2 Å². The van der Waals surface area contributed by atoms with Gasteiger partial charge in [0, 0.05) is 116 Å². The molecule has 8 aliphatic rings. The van der Waals surface area contributed by atoms with Crippen LogP contribution in [0.15, 0.2) is 159 Å². The summed E-state index contributed by atoms with van der Waals surface area (Å²) in [6.45, 7) is 22.6. The van der Waals surface area contributed by atoms with Crippen LogP contribution in [0, 0.1) is 23.3 Å². The number of nitrogens with one attached hydrogen (secondary N) is 1. The predicted octanol–water partition coefficient (Wildman–Crippen LogP) is 19.3. The summed E-state index contributed by atoms with van der Waals surface area (Å²) in [5.74, 6) is -0.666. The minimum atomic E-state index is -1.12. The molecule has 4 saturated heterocycles. The average Bonchev–Trinajstić information content (AvgIpc) is 1.62. The first-order valence-corrected chi connectivity index (χ1v) is 41.1. The Labute approximate surface area is 705 Å².